The maximum Gasteiger partial charge on any atom is 0.307 e. The Labute approximate surface area is 273 Å². The lowest BCUT2D eigenvalue weighted by molar-refractivity contribution is -0.140. The van der Waals surface area contributed by atoms with Gasteiger partial charge in [0.05, 0.1) is 19.6 Å². The molecule has 1 saturated carbocycles. The molecular formula is C37H60N2O4S. The number of aryl methyl sites for hydroxylation is 2. The summed E-state index contributed by atoms with van der Waals surface area (Å²) in [5.41, 5.74) is 6.40. The number of hydrogen-bond acceptors (Lipinski definition) is 6. The maximum atomic E-state index is 10.9. The summed E-state index contributed by atoms with van der Waals surface area (Å²) >= 11 is 1.75. The van der Waals surface area contributed by atoms with Crippen LogP contribution in [-0.4, -0.2) is 56.2 Å². The highest BCUT2D eigenvalue weighted by Gasteiger charge is 2.27. The highest BCUT2D eigenvalue weighted by atomic mass is 32.2. The number of pyridine rings is 1. The minimum atomic E-state index is -0.306. The molecule has 1 heterocycles. The number of aromatic nitrogens is 1. The summed E-state index contributed by atoms with van der Waals surface area (Å²) in [6.07, 6.45) is 8.65. The first-order valence-electron chi connectivity index (χ1n) is 15.5. The molecule has 1 aliphatic rings. The van der Waals surface area contributed by atoms with Gasteiger partial charge in [0.15, 0.2) is 0 Å². The smallest absolute Gasteiger partial charge is 0.307 e. The summed E-state index contributed by atoms with van der Waals surface area (Å²) in [7, 11) is 3.09. The Morgan fingerprint density at radius 1 is 1.05 bits per heavy atom. The summed E-state index contributed by atoms with van der Waals surface area (Å²) in [6, 6.07) is 10.5. The topological polar surface area (TPSA) is 77.5 Å². The Morgan fingerprint density at radius 2 is 1.57 bits per heavy atom. The van der Waals surface area contributed by atoms with Crippen molar-refractivity contribution in [3.05, 3.63) is 53.3 Å². The van der Waals surface area contributed by atoms with Gasteiger partial charge < -0.3 is 14.8 Å². The molecule has 0 saturated heterocycles. The fourth-order valence-corrected chi connectivity index (χ4v) is 3.57. The third-order valence-electron chi connectivity index (χ3n) is 5.74. The fraction of sp³-hybridized carbons (Fsp3) is 0.595. The number of benzene rings is 1. The van der Waals surface area contributed by atoms with Crippen molar-refractivity contribution in [3.8, 4) is 23.0 Å². The molecule has 1 fully saturated rings. The molecule has 0 radical (unpaired) electrons. The van der Waals surface area contributed by atoms with Crippen molar-refractivity contribution in [3.63, 3.8) is 0 Å². The van der Waals surface area contributed by atoms with Crippen LogP contribution in [0.5, 0.6) is 0 Å². The minimum Gasteiger partial charge on any atom is -0.469 e. The van der Waals surface area contributed by atoms with Crippen molar-refractivity contribution in [2.24, 2.45) is 17.3 Å². The zero-order chi connectivity index (χ0) is 34.3. The molecule has 1 amide bonds. The van der Waals surface area contributed by atoms with Crippen molar-refractivity contribution in [1.29, 1.82) is 0 Å². The standard InChI is InChI=1S/C20H21NO.C8H15NO3.C5H12.C2H6S.C2H6/c1-14-5-4-6-15(2)20(14)17-9-10-21-18(13-17)8-7-16-11-19(12-16)22-3;1-6(2)8(11)9-5-4-7(10)12-3;1-5(2,3)4;1-3-2;1-2/h4-6,9-10,13,16,19H,11-12H2,1-3H3;6H,4-5H2,1-3H3,(H,9,11);1-4H3;1-2H3;1-2H3. The van der Waals surface area contributed by atoms with Gasteiger partial charge in [0.2, 0.25) is 5.91 Å². The number of rotatable bonds is 6. The van der Waals surface area contributed by atoms with E-state index in [2.05, 4.69) is 98.8 Å². The maximum absolute atomic E-state index is 10.9. The Kier molecular flexibility index (Phi) is 24.1. The van der Waals surface area contributed by atoms with Gasteiger partial charge in [-0.25, -0.2) is 4.98 Å². The van der Waals surface area contributed by atoms with E-state index >= 15 is 0 Å². The first kappa shape index (κ1) is 43.3. The molecule has 2 aromatic rings. The van der Waals surface area contributed by atoms with Crippen LogP contribution in [0.1, 0.15) is 91.5 Å². The van der Waals surface area contributed by atoms with Gasteiger partial charge in [0.1, 0.15) is 5.69 Å². The molecule has 0 bridgehead atoms. The summed E-state index contributed by atoms with van der Waals surface area (Å²) < 4.78 is 9.69. The highest BCUT2D eigenvalue weighted by Crippen LogP contribution is 2.29. The Hall–Kier alpha value is -2.82. The average molecular weight is 629 g/mol. The van der Waals surface area contributed by atoms with Crippen LogP contribution in [0.3, 0.4) is 0 Å². The Bertz CT molecular complexity index is 1110. The lowest BCUT2D eigenvalue weighted by Crippen LogP contribution is -2.29. The van der Waals surface area contributed by atoms with Crippen LogP contribution in [0.2, 0.25) is 0 Å². The molecule has 1 aromatic carbocycles. The molecule has 7 heteroatoms. The van der Waals surface area contributed by atoms with Crippen molar-refractivity contribution >= 4 is 23.6 Å². The van der Waals surface area contributed by atoms with E-state index in [0.29, 0.717) is 24.0 Å². The van der Waals surface area contributed by atoms with E-state index in [9.17, 15) is 9.59 Å². The van der Waals surface area contributed by atoms with Crippen LogP contribution < -0.4 is 5.32 Å². The fourth-order valence-electron chi connectivity index (χ4n) is 3.57. The molecule has 0 atom stereocenters. The van der Waals surface area contributed by atoms with Crippen molar-refractivity contribution in [2.45, 2.75) is 94.6 Å². The molecular weight excluding hydrogens is 568 g/mol. The highest BCUT2D eigenvalue weighted by molar-refractivity contribution is 7.97. The third-order valence-corrected chi connectivity index (χ3v) is 5.74. The number of thioether (sulfide) groups is 1. The molecule has 248 valence electrons. The number of carbonyl (C=O) groups is 2. The van der Waals surface area contributed by atoms with E-state index in [1.807, 2.05) is 32.6 Å². The molecule has 1 aromatic heterocycles. The van der Waals surface area contributed by atoms with Gasteiger partial charge in [-0.3, -0.25) is 9.59 Å². The van der Waals surface area contributed by atoms with Gasteiger partial charge in [-0.05, 0) is 84.9 Å². The minimum absolute atomic E-state index is 0.0392. The zero-order valence-electron chi connectivity index (χ0n) is 30.0. The van der Waals surface area contributed by atoms with Crippen LogP contribution in [0, 0.1) is 42.9 Å². The number of ether oxygens (including phenoxy) is 2. The predicted molar refractivity (Wildman–Crippen MR) is 190 cm³/mol. The number of hydrogen-bond donors (Lipinski definition) is 1. The van der Waals surface area contributed by atoms with Crippen LogP contribution in [-0.2, 0) is 19.1 Å². The van der Waals surface area contributed by atoms with Crippen LogP contribution in [0.15, 0.2) is 36.5 Å². The van der Waals surface area contributed by atoms with E-state index in [1.165, 1.54) is 29.4 Å². The summed E-state index contributed by atoms with van der Waals surface area (Å²) in [5, 5.41) is 2.61. The van der Waals surface area contributed by atoms with Gasteiger partial charge in [-0.2, -0.15) is 11.8 Å². The number of esters is 1. The largest absolute Gasteiger partial charge is 0.469 e. The first-order valence-corrected chi connectivity index (χ1v) is 17.1. The van der Waals surface area contributed by atoms with Gasteiger partial charge in [0, 0.05) is 31.7 Å². The van der Waals surface area contributed by atoms with Crippen LogP contribution in [0.25, 0.3) is 11.1 Å². The zero-order valence-corrected chi connectivity index (χ0v) is 30.8. The quantitative estimate of drug-likeness (QED) is 0.255. The average Bonchev–Trinajstić information content (AvgIpc) is 2.93. The van der Waals surface area contributed by atoms with Crippen molar-refractivity contribution in [1.82, 2.24) is 10.3 Å². The predicted octanol–water partition coefficient (Wildman–Crippen LogP) is 8.52. The normalized spacial score (nSPS) is 14.5. The van der Waals surface area contributed by atoms with Crippen LogP contribution in [0.4, 0.5) is 0 Å². The number of nitrogens with zero attached hydrogens (tertiary/aromatic N) is 1. The molecule has 0 spiro atoms. The molecule has 3 rings (SSSR count). The molecule has 0 unspecified atom stereocenters. The number of nitrogens with one attached hydrogen (secondary N) is 1. The van der Waals surface area contributed by atoms with E-state index in [1.54, 1.807) is 32.7 Å². The Morgan fingerprint density at radius 3 is 2.02 bits per heavy atom. The lowest BCUT2D eigenvalue weighted by Gasteiger charge is -2.30. The van der Waals surface area contributed by atoms with Crippen LogP contribution >= 0.6 is 11.8 Å². The van der Waals surface area contributed by atoms with Gasteiger partial charge in [-0.1, -0.05) is 79.5 Å². The van der Waals surface area contributed by atoms with Gasteiger partial charge in [0.25, 0.3) is 0 Å². The first-order chi connectivity index (χ1) is 20.7. The van der Waals surface area contributed by atoms with Gasteiger partial charge >= 0.3 is 5.97 Å². The summed E-state index contributed by atoms with van der Waals surface area (Å²) in [4.78, 5) is 25.9. The SMILES string of the molecule is CC.CC(C)(C)C.COC(=O)CCNC(=O)C(C)C.COC1CC(C#Cc2cc(-c3c(C)cccc3C)ccn2)C1.CSC. The Balaban J connectivity index is 0. The molecule has 1 N–H and O–H groups in total. The second-order valence-corrected chi connectivity index (χ2v) is 13.0. The van der Waals surface area contributed by atoms with Crippen molar-refractivity contribution in [2.75, 3.05) is 33.3 Å². The number of carbonyl (C=O) groups excluding carboxylic acids is 2. The molecule has 0 aliphatic heterocycles. The van der Waals surface area contributed by atoms with Gasteiger partial charge in [-0.15, -0.1) is 0 Å². The number of amides is 1. The second-order valence-electron chi connectivity index (χ2n) is 12.2. The van der Waals surface area contributed by atoms with E-state index < -0.39 is 0 Å². The molecule has 1 aliphatic carbocycles. The number of methoxy groups -OCH3 is 2. The van der Waals surface area contributed by atoms with E-state index in [4.69, 9.17) is 4.74 Å². The second kappa shape index (κ2) is 24.5. The molecule has 44 heavy (non-hydrogen) atoms. The van der Waals surface area contributed by atoms with E-state index in [-0.39, 0.29) is 24.2 Å². The monoisotopic (exact) mass is 628 g/mol. The van der Waals surface area contributed by atoms with E-state index in [0.717, 1.165) is 18.5 Å². The summed E-state index contributed by atoms with van der Waals surface area (Å²) in [6.45, 7) is 21.0. The summed E-state index contributed by atoms with van der Waals surface area (Å²) in [5.74, 6) is 6.60. The third kappa shape index (κ3) is 21.0. The lowest BCUT2D eigenvalue weighted by atomic mass is 9.83. The van der Waals surface area contributed by atoms with Crippen molar-refractivity contribution < 1.29 is 19.1 Å². The molecule has 6 nitrogen and oxygen atoms in total.